The third kappa shape index (κ3) is 12.9. The summed E-state index contributed by atoms with van der Waals surface area (Å²) in [6.45, 7) is 5.85. The van der Waals surface area contributed by atoms with E-state index in [-0.39, 0.29) is 64.7 Å². The predicted molar refractivity (Wildman–Crippen MR) is 252 cm³/mol. The molecule has 0 radical (unpaired) electrons. The molecule has 330 valence electrons. The Kier molecular flexibility index (Phi) is 17.1. The molecule has 4 amide bonds. The number of amides is 4. The van der Waals surface area contributed by atoms with E-state index in [1.54, 1.807) is 50.2 Å². The van der Waals surface area contributed by atoms with E-state index in [4.69, 9.17) is 69.6 Å². The minimum atomic E-state index is -1.66. The van der Waals surface area contributed by atoms with E-state index >= 15 is 0 Å². The van der Waals surface area contributed by atoms with Crippen LogP contribution >= 0.6 is 69.6 Å². The van der Waals surface area contributed by atoms with Gasteiger partial charge in [0.15, 0.2) is 11.6 Å². The molecule has 0 saturated carbocycles. The lowest BCUT2D eigenvalue weighted by Gasteiger charge is -2.15. The zero-order chi connectivity index (χ0) is 46.8. The Hall–Kier alpha value is -5.74. The van der Waals surface area contributed by atoms with Gasteiger partial charge in [-0.25, -0.2) is 0 Å². The molecule has 0 bridgehead atoms. The monoisotopic (exact) mass is 982 g/mol. The van der Waals surface area contributed by atoms with Crippen molar-refractivity contribution in [1.29, 1.82) is 0 Å². The molecular weight excluding hydrogens is 949 g/mol. The smallest absolute Gasteiger partial charge is 0.258 e. The van der Waals surface area contributed by atoms with Crippen molar-refractivity contribution in [3.63, 3.8) is 0 Å². The van der Waals surface area contributed by atoms with E-state index in [9.17, 15) is 28.8 Å². The van der Waals surface area contributed by atoms with Gasteiger partial charge in [-0.2, -0.15) is 20.5 Å². The number of carbonyl (C=O) groups excluding carboxylic acids is 6. The number of nitrogens with zero attached hydrogens (tertiary/aromatic N) is 4. The summed E-state index contributed by atoms with van der Waals surface area (Å²) in [4.78, 5) is 78.0. The molecule has 4 unspecified atom stereocenters. The van der Waals surface area contributed by atoms with Crippen LogP contribution in [0.4, 0.5) is 34.1 Å². The summed E-state index contributed by atoms with van der Waals surface area (Å²) in [5, 5.41) is 25.5. The van der Waals surface area contributed by atoms with Gasteiger partial charge in [0.25, 0.3) is 23.6 Å². The number of benzene rings is 5. The number of alkyl halides is 2. The maximum atomic E-state index is 13.3. The molecule has 0 spiro atoms. The fourth-order valence-corrected chi connectivity index (χ4v) is 6.76. The first-order valence-electron chi connectivity index (χ1n) is 18.9. The van der Waals surface area contributed by atoms with Crippen LogP contribution in [0.5, 0.6) is 0 Å². The molecule has 20 heteroatoms. The van der Waals surface area contributed by atoms with Crippen molar-refractivity contribution in [2.75, 3.05) is 21.3 Å². The summed E-state index contributed by atoms with van der Waals surface area (Å²) in [7, 11) is 0. The number of nitrogens with one attached hydrogen (secondary N) is 4. The van der Waals surface area contributed by atoms with Crippen molar-refractivity contribution >= 4 is 139 Å². The number of anilines is 4. The van der Waals surface area contributed by atoms with Gasteiger partial charge in [-0.1, -0.05) is 70.7 Å². The van der Waals surface area contributed by atoms with Crippen LogP contribution in [0.1, 0.15) is 70.3 Å². The first kappa shape index (κ1) is 49.3. The van der Waals surface area contributed by atoms with Crippen LogP contribution in [0.2, 0.25) is 20.1 Å². The lowest BCUT2D eigenvalue weighted by Crippen LogP contribution is -2.32. The summed E-state index contributed by atoms with van der Waals surface area (Å²) in [6.07, 6.45) is 0. The van der Waals surface area contributed by atoms with E-state index in [0.717, 1.165) is 25.0 Å². The molecule has 5 aromatic rings. The lowest BCUT2D eigenvalue weighted by molar-refractivity contribution is -0.127. The molecule has 0 aliphatic heterocycles. The largest absolute Gasteiger partial charge is 0.322 e. The number of hydrogen-bond acceptors (Lipinski definition) is 10. The van der Waals surface area contributed by atoms with Crippen LogP contribution in [-0.2, 0) is 19.2 Å². The summed E-state index contributed by atoms with van der Waals surface area (Å²) in [5.41, 5.74) is 2.78. The molecular formula is C44H36Cl6N8O6. The molecule has 0 saturated heterocycles. The molecule has 0 aromatic heterocycles. The third-order valence-electron chi connectivity index (χ3n) is 9.04. The van der Waals surface area contributed by atoms with E-state index in [0.29, 0.717) is 11.4 Å². The summed E-state index contributed by atoms with van der Waals surface area (Å²) < 4.78 is 0. The van der Waals surface area contributed by atoms with Crippen LogP contribution in [0.25, 0.3) is 0 Å². The Morgan fingerprint density at radius 1 is 0.500 bits per heavy atom. The van der Waals surface area contributed by atoms with Crippen molar-refractivity contribution < 1.29 is 28.8 Å². The maximum Gasteiger partial charge on any atom is 0.258 e. The van der Waals surface area contributed by atoms with Crippen LogP contribution in [-0.4, -0.2) is 47.3 Å². The second-order valence-electron chi connectivity index (χ2n) is 13.9. The van der Waals surface area contributed by atoms with Crippen LogP contribution < -0.4 is 21.3 Å². The molecule has 4 atom stereocenters. The second kappa shape index (κ2) is 22.2. The molecule has 5 rings (SSSR count). The van der Waals surface area contributed by atoms with Gasteiger partial charge in [-0.05, 0) is 112 Å². The van der Waals surface area contributed by atoms with Gasteiger partial charge in [-0.3, -0.25) is 28.8 Å². The van der Waals surface area contributed by atoms with Gasteiger partial charge in [-0.15, -0.1) is 23.2 Å². The van der Waals surface area contributed by atoms with Gasteiger partial charge >= 0.3 is 0 Å². The normalized spacial score (nSPS) is 13.2. The fourth-order valence-electron chi connectivity index (χ4n) is 5.65. The van der Waals surface area contributed by atoms with Crippen LogP contribution in [0.3, 0.4) is 0 Å². The van der Waals surface area contributed by atoms with Crippen molar-refractivity contribution in [2.45, 2.75) is 50.5 Å². The molecule has 0 aliphatic carbocycles. The Morgan fingerprint density at radius 3 is 1.22 bits per heavy atom. The highest BCUT2D eigenvalue weighted by Crippen LogP contribution is 2.37. The maximum absolute atomic E-state index is 13.3. The molecule has 14 nitrogen and oxygen atoms in total. The molecule has 0 aliphatic rings. The molecule has 5 aromatic carbocycles. The summed E-state index contributed by atoms with van der Waals surface area (Å²) in [5.74, 6) is -4.32. The number of azo groups is 2. The van der Waals surface area contributed by atoms with E-state index in [1.807, 2.05) is 12.1 Å². The average Bonchev–Trinajstić information content (AvgIpc) is 3.24. The number of hydrogen-bond donors (Lipinski definition) is 4. The topological polar surface area (TPSA) is 200 Å². The van der Waals surface area contributed by atoms with Gasteiger partial charge < -0.3 is 21.3 Å². The molecule has 0 heterocycles. The Bertz CT molecular complexity index is 2530. The van der Waals surface area contributed by atoms with Crippen molar-refractivity contribution in [3.05, 3.63) is 139 Å². The Morgan fingerprint density at radius 2 is 0.875 bits per heavy atom. The zero-order valence-electron chi connectivity index (χ0n) is 34.1. The van der Waals surface area contributed by atoms with Gasteiger partial charge in [0.05, 0.1) is 64.7 Å². The Labute approximate surface area is 397 Å². The molecule has 64 heavy (non-hydrogen) atoms. The summed E-state index contributed by atoms with van der Waals surface area (Å²) in [6, 6.07) is 21.6. The zero-order valence-corrected chi connectivity index (χ0v) is 38.6. The fraction of sp³-hybridized carbons (Fsp3) is 0.182. The Balaban J connectivity index is 1.25. The highest BCUT2D eigenvalue weighted by Gasteiger charge is 2.27. The van der Waals surface area contributed by atoms with Gasteiger partial charge in [0.2, 0.25) is 12.1 Å². The highest BCUT2D eigenvalue weighted by atomic mass is 35.5. The van der Waals surface area contributed by atoms with Crippen molar-refractivity contribution in [3.8, 4) is 0 Å². The SMILES string of the molecule is CC(=O)C(N=Nc1ccc(Cl)c(C(=O)Nc2cccc(C(C)Cl)c2)c1)C(=O)Nc1ccc(NC(=O)C(N=Nc2ccc(Cl)c(C(=O)Nc3cccc(C(C)Cl)c3)c2)C(C)=O)c(Cl)c1Cl. The summed E-state index contributed by atoms with van der Waals surface area (Å²) >= 11 is 37.9. The first-order chi connectivity index (χ1) is 30.3. The van der Waals surface area contributed by atoms with Crippen molar-refractivity contribution in [1.82, 2.24) is 0 Å². The number of halogens is 6. The highest BCUT2D eigenvalue weighted by molar-refractivity contribution is 6.46. The first-order valence-corrected chi connectivity index (χ1v) is 21.3. The van der Waals surface area contributed by atoms with E-state index in [1.165, 1.54) is 48.5 Å². The average molecular weight is 986 g/mol. The van der Waals surface area contributed by atoms with Crippen LogP contribution in [0.15, 0.2) is 118 Å². The standard InChI is InChI=1S/C44H36Cl6N8O6/c1-21(45)25-7-5-9-27(17-25)51-41(61)31-19-29(11-13-33(31)47)55-57-39(23(3)59)43(63)53-35-15-16-36(38(50)37(35)49)54-44(64)40(24(4)60)58-56-30-12-14-34(48)32(20-30)42(62)52-28-10-6-8-26(18-28)22(2)46/h5-22,39-40H,1-4H3,(H,51,61)(H,52,62)(H,53,63)(H,54,64). The minimum Gasteiger partial charge on any atom is -0.322 e. The molecule has 0 fully saturated rings. The number of ketones is 2. The van der Waals surface area contributed by atoms with Crippen LogP contribution in [0, 0.1) is 0 Å². The predicted octanol–water partition coefficient (Wildman–Crippen LogP) is 12.8. The van der Waals surface area contributed by atoms with Gasteiger partial charge in [0.1, 0.15) is 0 Å². The van der Waals surface area contributed by atoms with E-state index in [2.05, 4.69) is 41.7 Å². The molecule has 4 N–H and O–H groups in total. The second-order valence-corrected chi connectivity index (χ2v) is 16.8. The number of Topliss-reactive ketones (excluding diaryl/α,β-unsaturated/α-hetero) is 2. The number of rotatable bonds is 16. The lowest BCUT2D eigenvalue weighted by atomic mass is 10.1. The third-order valence-corrected chi connectivity index (χ3v) is 11.1. The quantitative estimate of drug-likeness (QED) is 0.0430. The number of carbonyl (C=O) groups is 6. The van der Waals surface area contributed by atoms with Gasteiger partial charge in [0, 0.05) is 11.4 Å². The van der Waals surface area contributed by atoms with Crippen molar-refractivity contribution in [2.24, 2.45) is 20.5 Å². The minimum absolute atomic E-state index is 0.0512. The van der Waals surface area contributed by atoms with E-state index < -0.39 is 47.3 Å².